The lowest BCUT2D eigenvalue weighted by Crippen LogP contribution is -2.50. The molecule has 0 aliphatic carbocycles. The summed E-state index contributed by atoms with van der Waals surface area (Å²) in [7, 11) is 0. The van der Waals surface area contributed by atoms with Gasteiger partial charge in [-0.2, -0.15) is 0 Å². The molecule has 1 aliphatic rings. The quantitative estimate of drug-likeness (QED) is 0.947. The Balaban J connectivity index is 1.88. The maximum absolute atomic E-state index is 12.8. The molecule has 4 heteroatoms. The first kappa shape index (κ1) is 15.7. The van der Waals surface area contributed by atoms with E-state index < -0.39 is 0 Å². The van der Waals surface area contributed by atoms with Crippen molar-refractivity contribution in [3.05, 3.63) is 59.7 Å². The molecule has 0 radical (unpaired) electrons. The standard InChI is InChI=1S/C19H21NO3/c1-14-4-2-5-15(10-14)16-6-3-7-17(11-16)19(22)20-8-9-23-13-18(20)12-21/h2-7,10-11,18,21H,8-9,12-13H2,1H3. The van der Waals surface area contributed by atoms with Gasteiger partial charge in [-0.05, 0) is 30.2 Å². The van der Waals surface area contributed by atoms with Crippen LogP contribution in [0.25, 0.3) is 11.1 Å². The lowest BCUT2D eigenvalue weighted by Gasteiger charge is -2.34. The Labute approximate surface area is 136 Å². The van der Waals surface area contributed by atoms with Crippen LogP contribution in [0.4, 0.5) is 0 Å². The molecule has 0 spiro atoms. The number of amides is 1. The number of carbonyl (C=O) groups is 1. The topological polar surface area (TPSA) is 49.8 Å². The summed E-state index contributed by atoms with van der Waals surface area (Å²) in [5.41, 5.74) is 3.95. The lowest BCUT2D eigenvalue weighted by atomic mass is 10.0. The van der Waals surface area contributed by atoms with Crippen LogP contribution in [0.2, 0.25) is 0 Å². The van der Waals surface area contributed by atoms with Crippen molar-refractivity contribution in [3.8, 4) is 11.1 Å². The molecule has 1 fully saturated rings. The second kappa shape index (κ2) is 6.94. The highest BCUT2D eigenvalue weighted by molar-refractivity contribution is 5.95. The molecule has 1 atom stereocenters. The first-order chi connectivity index (χ1) is 11.2. The fourth-order valence-electron chi connectivity index (χ4n) is 2.90. The highest BCUT2D eigenvalue weighted by Gasteiger charge is 2.27. The number of aliphatic hydroxyl groups excluding tert-OH is 1. The minimum absolute atomic E-state index is 0.0538. The fourth-order valence-corrected chi connectivity index (χ4v) is 2.90. The van der Waals surface area contributed by atoms with Crippen LogP contribution in [0, 0.1) is 6.92 Å². The van der Waals surface area contributed by atoms with E-state index in [-0.39, 0.29) is 18.6 Å². The molecule has 1 unspecified atom stereocenters. The van der Waals surface area contributed by atoms with Gasteiger partial charge in [-0.15, -0.1) is 0 Å². The van der Waals surface area contributed by atoms with Crippen molar-refractivity contribution in [2.75, 3.05) is 26.4 Å². The molecular weight excluding hydrogens is 290 g/mol. The summed E-state index contributed by atoms with van der Waals surface area (Å²) in [6, 6.07) is 15.6. The van der Waals surface area contributed by atoms with Crippen molar-refractivity contribution in [1.82, 2.24) is 4.90 Å². The van der Waals surface area contributed by atoms with Gasteiger partial charge in [0.1, 0.15) is 0 Å². The van der Waals surface area contributed by atoms with Crippen molar-refractivity contribution < 1.29 is 14.6 Å². The van der Waals surface area contributed by atoms with Crippen LogP contribution in [-0.4, -0.2) is 48.3 Å². The monoisotopic (exact) mass is 311 g/mol. The van der Waals surface area contributed by atoms with Gasteiger partial charge in [-0.3, -0.25) is 4.79 Å². The summed E-state index contributed by atoms with van der Waals surface area (Å²) in [5, 5.41) is 9.45. The SMILES string of the molecule is Cc1cccc(-c2cccc(C(=O)N3CCOCC3CO)c2)c1. The number of hydrogen-bond acceptors (Lipinski definition) is 3. The second-order valence-corrected chi connectivity index (χ2v) is 5.86. The second-order valence-electron chi connectivity index (χ2n) is 5.86. The minimum Gasteiger partial charge on any atom is -0.394 e. The average molecular weight is 311 g/mol. The predicted molar refractivity (Wildman–Crippen MR) is 89.3 cm³/mol. The third kappa shape index (κ3) is 3.44. The average Bonchev–Trinajstić information content (AvgIpc) is 2.61. The van der Waals surface area contributed by atoms with Gasteiger partial charge >= 0.3 is 0 Å². The van der Waals surface area contributed by atoms with E-state index in [1.807, 2.05) is 36.4 Å². The highest BCUT2D eigenvalue weighted by atomic mass is 16.5. The number of aryl methyl sites for hydroxylation is 1. The molecule has 0 aromatic heterocycles. The summed E-state index contributed by atoms with van der Waals surface area (Å²) in [6.45, 7) is 3.39. The zero-order chi connectivity index (χ0) is 16.2. The number of nitrogens with zero attached hydrogens (tertiary/aromatic N) is 1. The highest BCUT2D eigenvalue weighted by Crippen LogP contribution is 2.23. The van der Waals surface area contributed by atoms with E-state index in [2.05, 4.69) is 19.1 Å². The summed E-state index contributed by atoms with van der Waals surface area (Å²) < 4.78 is 5.34. The molecule has 2 aromatic carbocycles. The van der Waals surface area contributed by atoms with Crippen LogP contribution in [0.1, 0.15) is 15.9 Å². The first-order valence-electron chi connectivity index (χ1n) is 7.85. The zero-order valence-corrected chi connectivity index (χ0v) is 13.2. The Morgan fingerprint density at radius 2 is 1.96 bits per heavy atom. The number of ether oxygens (including phenoxy) is 1. The summed E-state index contributed by atoms with van der Waals surface area (Å²) in [6.07, 6.45) is 0. The number of hydrogen-bond donors (Lipinski definition) is 1. The molecule has 120 valence electrons. The van der Waals surface area contributed by atoms with Crippen LogP contribution in [0.15, 0.2) is 48.5 Å². The van der Waals surface area contributed by atoms with E-state index in [0.717, 1.165) is 11.1 Å². The Kier molecular flexibility index (Phi) is 4.74. The number of benzene rings is 2. The third-order valence-corrected chi connectivity index (χ3v) is 4.16. The van der Waals surface area contributed by atoms with E-state index in [9.17, 15) is 9.90 Å². The van der Waals surface area contributed by atoms with Crippen molar-refractivity contribution >= 4 is 5.91 Å². The van der Waals surface area contributed by atoms with E-state index in [1.54, 1.807) is 4.90 Å². The number of rotatable bonds is 3. The summed E-state index contributed by atoms with van der Waals surface area (Å²) in [5.74, 6) is -0.0538. The minimum atomic E-state index is -0.265. The van der Waals surface area contributed by atoms with Gasteiger partial charge in [0.15, 0.2) is 0 Å². The first-order valence-corrected chi connectivity index (χ1v) is 7.85. The van der Waals surface area contributed by atoms with Crippen LogP contribution in [-0.2, 0) is 4.74 Å². The van der Waals surface area contributed by atoms with Gasteiger partial charge in [0.2, 0.25) is 0 Å². The Morgan fingerprint density at radius 3 is 2.70 bits per heavy atom. The van der Waals surface area contributed by atoms with Crippen molar-refractivity contribution in [3.63, 3.8) is 0 Å². The number of morpholine rings is 1. The zero-order valence-electron chi connectivity index (χ0n) is 13.2. The molecule has 2 aromatic rings. The molecule has 3 rings (SSSR count). The van der Waals surface area contributed by atoms with Crippen LogP contribution >= 0.6 is 0 Å². The van der Waals surface area contributed by atoms with Crippen molar-refractivity contribution in [2.45, 2.75) is 13.0 Å². The molecular formula is C19H21NO3. The predicted octanol–water partition coefficient (Wildman–Crippen LogP) is 2.50. The van der Waals surface area contributed by atoms with Gasteiger partial charge in [0.05, 0.1) is 25.9 Å². The lowest BCUT2D eigenvalue weighted by molar-refractivity contribution is -0.0183. The van der Waals surface area contributed by atoms with E-state index >= 15 is 0 Å². The molecule has 4 nitrogen and oxygen atoms in total. The molecule has 1 N–H and O–H groups in total. The molecule has 1 saturated heterocycles. The maximum atomic E-state index is 12.8. The number of carbonyl (C=O) groups excluding carboxylic acids is 1. The van der Waals surface area contributed by atoms with Crippen molar-refractivity contribution in [1.29, 1.82) is 0 Å². The molecule has 23 heavy (non-hydrogen) atoms. The summed E-state index contributed by atoms with van der Waals surface area (Å²) >= 11 is 0. The maximum Gasteiger partial charge on any atom is 0.254 e. The third-order valence-electron chi connectivity index (χ3n) is 4.16. The van der Waals surface area contributed by atoms with Gasteiger partial charge in [-0.1, -0.05) is 42.0 Å². The van der Waals surface area contributed by atoms with Crippen LogP contribution < -0.4 is 0 Å². The molecule has 1 aliphatic heterocycles. The largest absolute Gasteiger partial charge is 0.394 e. The normalized spacial score (nSPS) is 18.0. The van der Waals surface area contributed by atoms with Gasteiger partial charge < -0.3 is 14.7 Å². The number of aliphatic hydroxyl groups is 1. The molecule has 1 amide bonds. The molecule has 1 heterocycles. The van der Waals surface area contributed by atoms with E-state index in [0.29, 0.717) is 25.3 Å². The van der Waals surface area contributed by atoms with Crippen molar-refractivity contribution in [2.24, 2.45) is 0 Å². The van der Waals surface area contributed by atoms with Gasteiger partial charge in [0.25, 0.3) is 5.91 Å². The van der Waals surface area contributed by atoms with Crippen LogP contribution in [0.5, 0.6) is 0 Å². The molecule has 0 saturated carbocycles. The van der Waals surface area contributed by atoms with E-state index in [4.69, 9.17) is 4.74 Å². The van der Waals surface area contributed by atoms with Crippen LogP contribution in [0.3, 0.4) is 0 Å². The molecule has 0 bridgehead atoms. The van der Waals surface area contributed by atoms with E-state index in [1.165, 1.54) is 5.56 Å². The smallest absolute Gasteiger partial charge is 0.254 e. The van der Waals surface area contributed by atoms with Gasteiger partial charge in [0, 0.05) is 12.1 Å². The fraction of sp³-hybridized carbons (Fsp3) is 0.316. The Hall–Kier alpha value is -2.17. The Morgan fingerprint density at radius 1 is 1.22 bits per heavy atom. The van der Waals surface area contributed by atoms with Gasteiger partial charge in [-0.25, -0.2) is 0 Å². The summed E-state index contributed by atoms with van der Waals surface area (Å²) in [4.78, 5) is 14.5. The Bertz CT molecular complexity index is 699.